The first-order valence-electron chi connectivity index (χ1n) is 8.00. The lowest BCUT2D eigenvalue weighted by molar-refractivity contribution is -0.117. The lowest BCUT2D eigenvalue weighted by atomic mass is 10.3. The van der Waals surface area contributed by atoms with Crippen LogP contribution in [0.5, 0.6) is 0 Å². The molecule has 1 N–H and O–H groups in total. The molecule has 4 rings (SSSR count). The van der Waals surface area contributed by atoms with Crippen molar-refractivity contribution in [2.24, 2.45) is 0 Å². The molecule has 144 valence electrons. The number of hydrogen-bond donors (Lipinski definition) is 1. The van der Waals surface area contributed by atoms with Gasteiger partial charge >= 0.3 is 5.69 Å². The minimum Gasteiger partial charge on any atom is -0.354 e. The van der Waals surface area contributed by atoms with Gasteiger partial charge in [0.05, 0.1) is 5.02 Å². The molecular formula is C16H13ClFN7O2S. The molecule has 1 aromatic carbocycles. The second-order valence-electron chi connectivity index (χ2n) is 6.10. The summed E-state index contributed by atoms with van der Waals surface area (Å²) in [4.78, 5) is 35.2. The normalized spacial score (nSPS) is 11.3. The van der Waals surface area contributed by atoms with Crippen LogP contribution < -0.4 is 15.9 Å². The zero-order valence-electron chi connectivity index (χ0n) is 14.7. The van der Waals surface area contributed by atoms with E-state index in [-0.39, 0.29) is 11.6 Å². The molecule has 9 nitrogen and oxygen atoms in total. The van der Waals surface area contributed by atoms with Crippen molar-refractivity contribution in [2.45, 2.75) is 6.54 Å². The Kier molecular flexibility index (Phi) is 4.47. The maximum absolute atomic E-state index is 13.2. The van der Waals surface area contributed by atoms with Gasteiger partial charge in [-0.2, -0.15) is 4.98 Å². The van der Waals surface area contributed by atoms with Gasteiger partial charge in [0.15, 0.2) is 16.4 Å². The van der Waals surface area contributed by atoms with E-state index in [1.807, 2.05) is 19.0 Å². The van der Waals surface area contributed by atoms with E-state index < -0.39 is 17.4 Å². The average molecular weight is 422 g/mol. The zero-order valence-corrected chi connectivity index (χ0v) is 16.3. The molecule has 0 aliphatic heterocycles. The highest BCUT2D eigenvalue weighted by molar-refractivity contribution is 7.22. The van der Waals surface area contributed by atoms with Crippen LogP contribution in [0.4, 0.5) is 15.2 Å². The molecule has 3 heterocycles. The summed E-state index contributed by atoms with van der Waals surface area (Å²) in [6.45, 7) is -0.323. The van der Waals surface area contributed by atoms with Gasteiger partial charge in [-0.3, -0.25) is 4.79 Å². The van der Waals surface area contributed by atoms with Gasteiger partial charge in [0, 0.05) is 19.8 Å². The lowest BCUT2D eigenvalue weighted by Crippen LogP contribution is -2.28. The number of carbonyl (C=O) groups is 1. The van der Waals surface area contributed by atoms with Crippen LogP contribution in [0.2, 0.25) is 5.02 Å². The minimum atomic E-state index is -0.589. The van der Waals surface area contributed by atoms with E-state index in [1.165, 1.54) is 34.2 Å². The Morgan fingerprint density at radius 3 is 2.89 bits per heavy atom. The van der Waals surface area contributed by atoms with Gasteiger partial charge in [0.25, 0.3) is 0 Å². The number of anilines is 2. The van der Waals surface area contributed by atoms with Crippen LogP contribution in [-0.2, 0) is 11.3 Å². The molecule has 0 spiro atoms. The Hall–Kier alpha value is -3.05. The van der Waals surface area contributed by atoms with Crippen LogP contribution in [0.3, 0.4) is 0 Å². The fraction of sp³-hybridized carbons (Fsp3) is 0.188. The smallest absolute Gasteiger partial charge is 0.352 e. The van der Waals surface area contributed by atoms with Crippen molar-refractivity contribution in [3.8, 4) is 0 Å². The van der Waals surface area contributed by atoms with Crippen LogP contribution in [0, 0.1) is 5.82 Å². The Balaban J connectivity index is 1.65. The molecule has 0 bridgehead atoms. The van der Waals surface area contributed by atoms with Crippen molar-refractivity contribution < 1.29 is 9.18 Å². The molecule has 0 fully saturated rings. The van der Waals surface area contributed by atoms with E-state index >= 15 is 0 Å². The van der Waals surface area contributed by atoms with Crippen LogP contribution >= 0.6 is 22.9 Å². The summed E-state index contributed by atoms with van der Waals surface area (Å²) in [5.74, 6) is -1.09. The van der Waals surface area contributed by atoms with E-state index in [4.69, 9.17) is 11.6 Å². The molecule has 1 amide bonds. The Morgan fingerprint density at radius 1 is 1.39 bits per heavy atom. The number of aromatic nitrogens is 5. The van der Waals surface area contributed by atoms with E-state index in [0.29, 0.717) is 21.7 Å². The maximum atomic E-state index is 13.2. The largest absolute Gasteiger partial charge is 0.354 e. The molecule has 3 aromatic heterocycles. The van der Waals surface area contributed by atoms with Gasteiger partial charge in [0.2, 0.25) is 5.91 Å². The summed E-state index contributed by atoms with van der Waals surface area (Å²) < 4.78 is 16.2. The first-order valence-corrected chi connectivity index (χ1v) is 9.20. The number of fused-ring (bicyclic) bond motifs is 3. The predicted octanol–water partition coefficient (Wildman–Crippen LogP) is 2.00. The van der Waals surface area contributed by atoms with Crippen LogP contribution in [0.1, 0.15) is 0 Å². The van der Waals surface area contributed by atoms with Crippen molar-refractivity contribution in [1.29, 1.82) is 0 Å². The first-order chi connectivity index (χ1) is 13.3. The van der Waals surface area contributed by atoms with Crippen molar-refractivity contribution in [3.63, 3.8) is 0 Å². The zero-order chi connectivity index (χ0) is 20.0. The average Bonchev–Trinajstić information content (AvgIpc) is 3.20. The third-order valence-corrected chi connectivity index (χ3v) is 5.34. The summed E-state index contributed by atoms with van der Waals surface area (Å²) in [6, 6.07) is 3.80. The highest BCUT2D eigenvalue weighted by Crippen LogP contribution is 2.28. The molecule has 0 radical (unpaired) electrons. The van der Waals surface area contributed by atoms with Crippen molar-refractivity contribution in [2.75, 3.05) is 24.3 Å². The number of halogens is 2. The molecule has 0 saturated carbocycles. The van der Waals surface area contributed by atoms with E-state index in [1.54, 1.807) is 0 Å². The second-order valence-corrected chi connectivity index (χ2v) is 7.48. The molecular weight excluding hydrogens is 409 g/mol. The van der Waals surface area contributed by atoms with Crippen LogP contribution in [0.25, 0.3) is 16.0 Å². The number of benzene rings is 1. The lowest BCUT2D eigenvalue weighted by Gasteiger charge is -2.05. The summed E-state index contributed by atoms with van der Waals surface area (Å²) >= 11 is 7.05. The number of thiazole rings is 1. The van der Waals surface area contributed by atoms with Gasteiger partial charge in [0.1, 0.15) is 23.4 Å². The number of nitrogens with one attached hydrogen (secondary N) is 1. The Labute approximate surface area is 166 Å². The van der Waals surface area contributed by atoms with Crippen LogP contribution in [-0.4, -0.2) is 44.2 Å². The van der Waals surface area contributed by atoms with E-state index in [2.05, 4.69) is 20.4 Å². The summed E-state index contributed by atoms with van der Waals surface area (Å²) in [6.07, 6.45) is 1.33. The molecule has 28 heavy (non-hydrogen) atoms. The quantitative estimate of drug-likeness (QED) is 0.541. The molecule has 0 atom stereocenters. The highest BCUT2D eigenvalue weighted by atomic mass is 35.5. The molecule has 0 unspecified atom stereocenters. The van der Waals surface area contributed by atoms with Crippen LogP contribution in [0.15, 0.2) is 29.3 Å². The monoisotopic (exact) mass is 421 g/mol. The van der Waals surface area contributed by atoms with Crippen molar-refractivity contribution in [1.82, 2.24) is 24.1 Å². The number of amides is 1. The third kappa shape index (κ3) is 3.18. The second kappa shape index (κ2) is 6.84. The van der Waals surface area contributed by atoms with E-state index in [9.17, 15) is 14.0 Å². The van der Waals surface area contributed by atoms with Gasteiger partial charge in [-0.15, -0.1) is 5.10 Å². The molecule has 0 aliphatic carbocycles. The number of hydrogen-bond acceptors (Lipinski definition) is 7. The Bertz CT molecular complexity index is 1280. The van der Waals surface area contributed by atoms with Crippen molar-refractivity contribution in [3.05, 3.63) is 45.9 Å². The van der Waals surface area contributed by atoms with Gasteiger partial charge in [-0.1, -0.05) is 22.9 Å². The fourth-order valence-electron chi connectivity index (χ4n) is 2.53. The molecule has 12 heteroatoms. The topological polar surface area (TPSA) is 97.4 Å². The SMILES string of the molecule is CN(C)c1nc2ncn3c(=O)n(CC(=O)Nc4ccc(F)c(Cl)c4)nc3c2s1. The molecule has 4 aromatic rings. The summed E-state index contributed by atoms with van der Waals surface area (Å²) in [5, 5.41) is 7.43. The number of rotatable bonds is 4. The highest BCUT2D eigenvalue weighted by Gasteiger charge is 2.17. The summed E-state index contributed by atoms with van der Waals surface area (Å²) in [7, 11) is 3.71. The third-order valence-electron chi connectivity index (χ3n) is 3.85. The number of carbonyl (C=O) groups excluding carboxylic acids is 1. The number of nitrogens with zero attached hydrogens (tertiary/aromatic N) is 6. The maximum Gasteiger partial charge on any atom is 0.352 e. The first kappa shape index (κ1) is 18.3. The van der Waals surface area contributed by atoms with E-state index in [0.717, 1.165) is 15.9 Å². The molecule has 0 aliphatic rings. The Morgan fingerprint density at radius 2 is 2.18 bits per heavy atom. The van der Waals surface area contributed by atoms with Gasteiger partial charge in [-0.05, 0) is 18.2 Å². The predicted molar refractivity (Wildman–Crippen MR) is 105 cm³/mol. The fourth-order valence-corrected chi connectivity index (χ4v) is 3.63. The standard InChI is InChI=1S/C16H13ClFN7O2S/c1-23(2)15-21-13-12(28-15)14-22-25(16(27)24(14)7-19-13)6-11(26)20-8-3-4-10(18)9(17)5-8/h3-5,7H,6H2,1-2H3,(H,20,26). The van der Waals surface area contributed by atoms with Gasteiger partial charge < -0.3 is 10.2 Å². The summed E-state index contributed by atoms with van der Waals surface area (Å²) in [5.41, 5.74) is 0.661. The van der Waals surface area contributed by atoms with Gasteiger partial charge in [-0.25, -0.2) is 23.3 Å². The minimum absolute atomic E-state index is 0.113. The molecule has 0 saturated heterocycles. The van der Waals surface area contributed by atoms with Crippen molar-refractivity contribution >= 4 is 55.7 Å².